The lowest BCUT2D eigenvalue weighted by atomic mass is 10.0. The molecular weight excluding hydrogens is 518 g/mol. The third-order valence-corrected chi connectivity index (χ3v) is 6.92. The van der Waals surface area contributed by atoms with Gasteiger partial charge in [-0.25, -0.2) is 9.78 Å². The maximum atomic E-state index is 13.4. The topological polar surface area (TPSA) is 129 Å². The molecule has 10 nitrogen and oxygen atoms in total. The van der Waals surface area contributed by atoms with Gasteiger partial charge in [-0.2, -0.15) is 9.97 Å². The summed E-state index contributed by atoms with van der Waals surface area (Å²) in [6.45, 7) is 0.105. The molecule has 0 saturated heterocycles. The molecule has 0 spiro atoms. The minimum absolute atomic E-state index is 0.0114. The zero-order chi connectivity index (χ0) is 26.8. The van der Waals surface area contributed by atoms with Crippen LogP contribution in [0.2, 0.25) is 5.28 Å². The van der Waals surface area contributed by atoms with Gasteiger partial charge in [0.15, 0.2) is 11.5 Å². The highest BCUT2D eigenvalue weighted by molar-refractivity contribution is 6.28. The summed E-state index contributed by atoms with van der Waals surface area (Å²) in [6, 6.07) is 16.5. The number of nitrogens with one attached hydrogen (secondary N) is 3. The first-order valence-electron chi connectivity index (χ1n) is 12.7. The molecule has 1 saturated carbocycles. The van der Waals surface area contributed by atoms with E-state index in [1.807, 2.05) is 65.7 Å². The van der Waals surface area contributed by atoms with Crippen molar-refractivity contribution in [3.63, 3.8) is 0 Å². The van der Waals surface area contributed by atoms with Gasteiger partial charge < -0.3 is 24.9 Å². The van der Waals surface area contributed by atoms with Gasteiger partial charge in [0.1, 0.15) is 18.2 Å². The van der Waals surface area contributed by atoms with Crippen LogP contribution in [0.1, 0.15) is 24.0 Å². The fraction of sp³-hybridized carbons (Fsp3) is 0.250. The summed E-state index contributed by atoms with van der Waals surface area (Å²) in [5.41, 5.74) is 3.77. The number of hydrogen-bond donors (Lipinski definition) is 3. The molecule has 0 aliphatic heterocycles. The average molecular weight is 544 g/mol. The van der Waals surface area contributed by atoms with Crippen LogP contribution in [-0.4, -0.2) is 55.4 Å². The number of benzene rings is 2. The van der Waals surface area contributed by atoms with Gasteiger partial charge in [0.2, 0.25) is 11.2 Å². The molecule has 198 valence electrons. The number of ether oxygens (including phenoxy) is 1. The van der Waals surface area contributed by atoms with Crippen molar-refractivity contribution in [3.05, 3.63) is 83.5 Å². The lowest BCUT2D eigenvalue weighted by Crippen LogP contribution is -2.48. The number of esters is 1. The normalized spacial score (nSPS) is 13.9. The smallest absolute Gasteiger partial charge is 0.329 e. The lowest BCUT2D eigenvalue weighted by molar-refractivity contribution is -0.149. The first kappa shape index (κ1) is 24.9. The second kappa shape index (κ2) is 10.7. The molecule has 6 rings (SSSR count). The number of para-hydroxylation sites is 1. The van der Waals surface area contributed by atoms with Crippen molar-refractivity contribution < 1.29 is 14.3 Å². The Bertz CT molecular complexity index is 1630. The zero-order valence-electron chi connectivity index (χ0n) is 20.9. The van der Waals surface area contributed by atoms with Crippen LogP contribution in [0.5, 0.6) is 0 Å². The van der Waals surface area contributed by atoms with Crippen molar-refractivity contribution in [3.8, 4) is 0 Å². The summed E-state index contributed by atoms with van der Waals surface area (Å²) in [4.78, 5) is 47.6. The van der Waals surface area contributed by atoms with Crippen LogP contribution in [0.4, 0.5) is 5.82 Å². The predicted molar refractivity (Wildman–Crippen MR) is 147 cm³/mol. The minimum Gasteiger partial charge on any atom is -0.459 e. The number of rotatable bonds is 10. The van der Waals surface area contributed by atoms with Crippen LogP contribution in [0.3, 0.4) is 0 Å². The monoisotopic (exact) mass is 543 g/mol. The summed E-state index contributed by atoms with van der Waals surface area (Å²) in [6.07, 6.45) is 5.49. The molecule has 1 fully saturated rings. The van der Waals surface area contributed by atoms with E-state index >= 15 is 0 Å². The van der Waals surface area contributed by atoms with E-state index in [1.165, 1.54) is 6.33 Å². The number of nitrogens with zero attached hydrogens (tertiary/aromatic N) is 4. The van der Waals surface area contributed by atoms with E-state index < -0.39 is 12.0 Å². The number of amides is 1. The zero-order valence-corrected chi connectivity index (χ0v) is 21.7. The third kappa shape index (κ3) is 5.56. The standard InChI is InChI=1S/C28H26ClN7O3/c29-28-34-25-24(31-16-32-25)26(35-28)36(19-10-11-19)14-23(37)33-22(27(38)39-15-17-6-2-1-3-7-17)12-18-13-30-21-9-5-4-8-20(18)21/h1-9,13,16,19,22,30H,10-12,14-15H2,(H,33,37)(H,31,32,34,35)/t22-/m0/s1. The molecule has 2 aromatic carbocycles. The Morgan fingerprint density at radius 1 is 1.08 bits per heavy atom. The maximum absolute atomic E-state index is 13.4. The highest BCUT2D eigenvalue weighted by Crippen LogP contribution is 2.33. The highest BCUT2D eigenvalue weighted by Gasteiger charge is 2.34. The molecule has 0 radical (unpaired) electrons. The Morgan fingerprint density at radius 3 is 2.69 bits per heavy atom. The SMILES string of the molecule is O=C(CN(c1nc(Cl)nc2nc[nH]c12)C1CC1)N[C@@H](Cc1c[nH]c2ccccc12)C(=O)OCc1ccccc1. The summed E-state index contributed by atoms with van der Waals surface area (Å²) in [7, 11) is 0. The van der Waals surface area contributed by atoms with Crippen molar-refractivity contribution >= 4 is 51.4 Å². The maximum Gasteiger partial charge on any atom is 0.329 e. The van der Waals surface area contributed by atoms with E-state index in [1.54, 1.807) is 0 Å². The first-order valence-corrected chi connectivity index (χ1v) is 13.1. The molecule has 1 atom stereocenters. The van der Waals surface area contributed by atoms with E-state index in [9.17, 15) is 9.59 Å². The van der Waals surface area contributed by atoms with E-state index in [4.69, 9.17) is 16.3 Å². The number of H-pyrrole nitrogens is 2. The second-order valence-electron chi connectivity index (χ2n) is 9.55. The molecule has 3 heterocycles. The molecule has 39 heavy (non-hydrogen) atoms. The van der Waals surface area contributed by atoms with E-state index in [2.05, 4.69) is 30.2 Å². The van der Waals surface area contributed by atoms with E-state index in [0.29, 0.717) is 17.0 Å². The van der Waals surface area contributed by atoms with Crippen molar-refractivity contribution in [2.45, 2.75) is 38.0 Å². The number of imidazole rings is 1. The highest BCUT2D eigenvalue weighted by atomic mass is 35.5. The molecule has 1 amide bonds. The van der Waals surface area contributed by atoms with Gasteiger partial charge in [-0.05, 0) is 41.6 Å². The summed E-state index contributed by atoms with van der Waals surface area (Å²) >= 11 is 6.16. The number of halogens is 1. The van der Waals surface area contributed by atoms with Crippen LogP contribution in [0.25, 0.3) is 22.1 Å². The first-order chi connectivity index (χ1) is 19.0. The number of aromatic amines is 2. The van der Waals surface area contributed by atoms with E-state index in [-0.39, 0.29) is 36.8 Å². The molecule has 11 heteroatoms. The average Bonchev–Trinajstić information content (AvgIpc) is 3.55. The fourth-order valence-electron chi connectivity index (χ4n) is 4.70. The van der Waals surface area contributed by atoms with Crippen molar-refractivity contribution in [1.82, 2.24) is 30.2 Å². The van der Waals surface area contributed by atoms with Gasteiger partial charge in [0.05, 0.1) is 12.9 Å². The number of fused-ring (bicyclic) bond motifs is 2. The van der Waals surface area contributed by atoms with Gasteiger partial charge in [0.25, 0.3) is 0 Å². The van der Waals surface area contributed by atoms with E-state index in [0.717, 1.165) is 34.9 Å². The third-order valence-electron chi connectivity index (χ3n) is 6.76. The summed E-state index contributed by atoms with van der Waals surface area (Å²) in [5, 5.41) is 3.97. The van der Waals surface area contributed by atoms with Gasteiger partial charge in [-0.3, -0.25) is 4.79 Å². The van der Waals surface area contributed by atoms with Crippen molar-refractivity contribution in [1.29, 1.82) is 0 Å². The summed E-state index contributed by atoms with van der Waals surface area (Å²) in [5.74, 6) is -0.317. The molecule has 0 bridgehead atoms. The van der Waals surface area contributed by atoms with Crippen LogP contribution < -0.4 is 10.2 Å². The van der Waals surface area contributed by atoms with Gasteiger partial charge in [0, 0.05) is 29.6 Å². The summed E-state index contributed by atoms with van der Waals surface area (Å²) < 4.78 is 5.64. The quantitative estimate of drug-likeness (QED) is 0.180. The molecule has 3 aromatic heterocycles. The van der Waals surface area contributed by atoms with Crippen LogP contribution in [0, 0.1) is 0 Å². The van der Waals surface area contributed by atoms with Crippen molar-refractivity contribution in [2.24, 2.45) is 0 Å². The lowest BCUT2D eigenvalue weighted by Gasteiger charge is -2.25. The van der Waals surface area contributed by atoms with Crippen LogP contribution >= 0.6 is 11.6 Å². The Morgan fingerprint density at radius 2 is 1.87 bits per heavy atom. The molecule has 1 aliphatic carbocycles. The minimum atomic E-state index is -0.886. The van der Waals surface area contributed by atoms with Crippen molar-refractivity contribution in [2.75, 3.05) is 11.4 Å². The number of carbonyl (C=O) groups excluding carboxylic acids is 2. The molecule has 0 unspecified atom stereocenters. The predicted octanol–water partition coefficient (Wildman–Crippen LogP) is 3.93. The number of anilines is 1. The van der Waals surface area contributed by atoms with Gasteiger partial charge in [-0.15, -0.1) is 0 Å². The Hall–Kier alpha value is -4.44. The molecule has 5 aromatic rings. The molecule has 3 N–H and O–H groups in total. The van der Waals surface area contributed by atoms with Gasteiger partial charge in [-0.1, -0.05) is 48.5 Å². The molecular formula is C28H26ClN7O3. The largest absolute Gasteiger partial charge is 0.459 e. The number of hydrogen-bond acceptors (Lipinski definition) is 7. The van der Waals surface area contributed by atoms with Gasteiger partial charge >= 0.3 is 5.97 Å². The second-order valence-corrected chi connectivity index (χ2v) is 9.89. The number of aromatic nitrogens is 5. The Balaban J connectivity index is 1.23. The Kier molecular flexibility index (Phi) is 6.85. The fourth-order valence-corrected chi connectivity index (χ4v) is 4.86. The Labute approximate surface area is 228 Å². The molecule has 1 aliphatic rings. The number of carbonyl (C=O) groups is 2. The van der Waals surface area contributed by atoms with Crippen LogP contribution in [0.15, 0.2) is 67.1 Å². The van der Waals surface area contributed by atoms with Crippen LogP contribution in [-0.2, 0) is 27.4 Å².